The van der Waals surface area contributed by atoms with Crippen molar-refractivity contribution >= 4 is 0 Å². The largest absolute Gasteiger partial charge is 0.377 e. The van der Waals surface area contributed by atoms with Gasteiger partial charge in [0.25, 0.3) is 0 Å². The van der Waals surface area contributed by atoms with Crippen molar-refractivity contribution in [3.8, 4) is 22.3 Å². The molecule has 0 bridgehead atoms. The molecule has 1 saturated carbocycles. The van der Waals surface area contributed by atoms with Crippen LogP contribution < -0.4 is 0 Å². The molecule has 1 aliphatic carbocycles. The van der Waals surface area contributed by atoms with Gasteiger partial charge < -0.3 is 4.74 Å². The summed E-state index contributed by atoms with van der Waals surface area (Å²) in [7, 11) is 0. The van der Waals surface area contributed by atoms with Gasteiger partial charge in [-0.15, -0.1) is 6.58 Å². The van der Waals surface area contributed by atoms with Crippen LogP contribution in [-0.2, 0) is 11.3 Å². The Morgan fingerprint density at radius 3 is 2.17 bits per heavy atom. The van der Waals surface area contributed by atoms with Gasteiger partial charge in [-0.2, -0.15) is 0 Å². The first-order valence-corrected chi connectivity index (χ1v) is 11.3. The van der Waals surface area contributed by atoms with E-state index < -0.39 is 0 Å². The lowest BCUT2D eigenvalue weighted by Gasteiger charge is -2.29. The van der Waals surface area contributed by atoms with Gasteiger partial charge in [-0.3, -0.25) is 0 Å². The molecular formula is C29H32O. The lowest BCUT2D eigenvalue weighted by atomic mass is 9.76. The fraction of sp³-hybridized carbons (Fsp3) is 0.310. The summed E-state index contributed by atoms with van der Waals surface area (Å²) in [6.45, 7) is 7.51. The van der Waals surface area contributed by atoms with Crippen molar-refractivity contribution in [1.82, 2.24) is 0 Å². The summed E-state index contributed by atoms with van der Waals surface area (Å²) >= 11 is 0. The first kappa shape index (κ1) is 20.6. The summed E-state index contributed by atoms with van der Waals surface area (Å²) in [6, 6.07) is 26.6. The Hall–Kier alpha value is -2.64. The van der Waals surface area contributed by atoms with E-state index >= 15 is 0 Å². The summed E-state index contributed by atoms with van der Waals surface area (Å²) in [5.41, 5.74) is 7.97. The number of benzene rings is 3. The second-order valence-electron chi connectivity index (χ2n) is 8.35. The van der Waals surface area contributed by atoms with Gasteiger partial charge in [0, 0.05) is 6.61 Å². The van der Waals surface area contributed by atoms with Crippen LogP contribution in [0.25, 0.3) is 22.3 Å². The molecular weight excluding hydrogens is 364 g/mol. The van der Waals surface area contributed by atoms with Gasteiger partial charge in [0.1, 0.15) is 0 Å². The molecule has 30 heavy (non-hydrogen) atoms. The zero-order valence-corrected chi connectivity index (χ0v) is 18.0. The lowest BCUT2D eigenvalue weighted by molar-refractivity contribution is 0.134. The molecule has 0 N–H and O–H groups in total. The van der Waals surface area contributed by atoms with Gasteiger partial charge in [0.05, 0.1) is 6.61 Å². The summed E-state index contributed by atoms with van der Waals surface area (Å²) in [6.07, 6.45) is 7.12. The molecule has 0 unspecified atom stereocenters. The van der Waals surface area contributed by atoms with E-state index in [-0.39, 0.29) is 0 Å². The van der Waals surface area contributed by atoms with Gasteiger partial charge in [0.15, 0.2) is 0 Å². The SMILES string of the molecule is C=CC1CCC(c2cc(COCC)ccc2-c2ccc(-c3ccccc3)cc2)CC1. The Morgan fingerprint density at radius 2 is 1.50 bits per heavy atom. The van der Waals surface area contributed by atoms with Crippen LogP contribution in [-0.4, -0.2) is 6.61 Å². The van der Waals surface area contributed by atoms with Crippen LogP contribution in [0.4, 0.5) is 0 Å². The molecule has 0 aliphatic heterocycles. The minimum atomic E-state index is 0.617. The molecule has 1 fully saturated rings. The zero-order chi connectivity index (χ0) is 20.8. The first-order valence-electron chi connectivity index (χ1n) is 11.3. The van der Waals surface area contributed by atoms with Crippen LogP contribution in [0, 0.1) is 5.92 Å². The number of rotatable bonds is 7. The molecule has 0 aromatic heterocycles. The van der Waals surface area contributed by atoms with Crippen LogP contribution in [0.1, 0.15) is 49.7 Å². The number of ether oxygens (including phenoxy) is 1. The predicted octanol–water partition coefficient (Wildman–Crippen LogP) is 8.02. The van der Waals surface area contributed by atoms with Crippen LogP contribution in [0.2, 0.25) is 0 Å². The molecule has 1 nitrogen and oxygen atoms in total. The van der Waals surface area contributed by atoms with Gasteiger partial charge in [-0.1, -0.05) is 78.9 Å². The van der Waals surface area contributed by atoms with Gasteiger partial charge in [0.2, 0.25) is 0 Å². The van der Waals surface area contributed by atoms with Crippen molar-refractivity contribution in [3.63, 3.8) is 0 Å². The monoisotopic (exact) mass is 396 g/mol. The quantitative estimate of drug-likeness (QED) is 0.367. The Morgan fingerprint density at radius 1 is 0.833 bits per heavy atom. The van der Waals surface area contributed by atoms with E-state index in [9.17, 15) is 0 Å². The van der Waals surface area contributed by atoms with E-state index in [2.05, 4.69) is 92.4 Å². The third-order valence-electron chi connectivity index (χ3n) is 6.44. The molecule has 0 radical (unpaired) electrons. The van der Waals surface area contributed by atoms with Crippen molar-refractivity contribution in [1.29, 1.82) is 0 Å². The predicted molar refractivity (Wildman–Crippen MR) is 128 cm³/mol. The van der Waals surface area contributed by atoms with E-state index in [1.807, 2.05) is 0 Å². The maximum absolute atomic E-state index is 5.69. The molecule has 3 aromatic carbocycles. The van der Waals surface area contributed by atoms with Crippen molar-refractivity contribution in [3.05, 3.63) is 96.6 Å². The number of hydrogen-bond acceptors (Lipinski definition) is 1. The molecule has 1 aliphatic rings. The maximum atomic E-state index is 5.69. The average molecular weight is 397 g/mol. The molecule has 0 amide bonds. The third kappa shape index (κ3) is 4.74. The molecule has 4 rings (SSSR count). The van der Waals surface area contributed by atoms with Gasteiger partial charge in [-0.25, -0.2) is 0 Å². The Labute approximate surface area is 181 Å². The Kier molecular flexibility index (Phi) is 6.81. The summed E-state index contributed by atoms with van der Waals surface area (Å²) in [5, 5.41) is 0. The molecule has 0 spiro atoms. The topological polar surface area (TPSA) is 9.23 Å². The molecule has 154 valence electrons. The maximum Gasteiger partial charge on any atom is 0.0716 e. The molecule has 0 saturated heterocycles. The second-order valence-corrected chi connectivity index (χ2v) is 8.35. The van der Waals surface area contributed by atoms with Crippen molar-refractivity contribution < 1.29 is 4.74 Å². The highest BCUT2D eigenvalue weighted by Gasteiger charge is 2.23. The second kappa shape index (κ2) is 9.91. The number of hydrogen-bond donors (Lipinski definition) is 0. The molecule has 0 heterocycles. The van der Waals surface area contributed by atoms with Gasteiger partial charge >= 0.3 is 0 Å². The summed E-state index contributed by atoms with van der Waals surface area (Å²) < 4.78 is 5.69. The van der Waals surface area contributed by atoms with Crippen LogP contribution in [0.15, 0.2) is 85.5 Å². The highest BCUT2D eigenvalue weighted by molar-refractivity contribution is 5.73. The zero-order valence-electron chi connectivity index (χ0n) is 18.0. The van der Waals surface area contributed by atoms with Crippen molar-refractivity contribution in [2.24, 2.45) is 5.92 Å². The molecule has 3 aromatic rings. The third-order valence-corrected chi connectivity index (χ3v) is 6.44. The Balaban J connectivity index is 1.65. The van der Waals surface area contributed by atoms with Crippen LogP contribution in [0.3, 0.4) is 0 Å². The van der Waals surface area contributed by atoms with E-state index in [0.29, 0.717) is 18.4 Å². The van der Waals surface area contributed by atoms with E-state index in [4.69, 9.17) is 4.74 Å². The van der Waals surface area contributed by atoms with Crippen molar-refractivity contribution in [2.45, 2.75) is 45.1 Å². The van der Waals surface area contributed by atoms with Crippen LogP contribution >= 0.6 is 0 Å². The molecule has 0 atom stereocenters. The smallest absolute Gasteiger partial charge is 0.0716 e. The average Bonchev–Trinajstić information content (AvgIpc) is 2.83. The fourth-order valence-corrected chi connectivity index (χ4v) is 4.66. The minimum Gasteiger partial charge on any atom is -0.377 e. The summed E-state index contributed by atoms with van der Waals surface area (Å²) in [4.78, 5) is 0. The van der Waals surface area contributed by atoms with Crippen LogP contribution in [0.5, 0.6) is 0 Å². The minimum absolute atomic E-state index is 0.617. The highest BCUT2D eigenvalue weighted by Crippen LogP contribution is 2.41. The highest BCUT2D eigenvalue weighted by atomic mass is 16.5. The van der Waals surface area contributed by atoms with Crippen molar-refractivity contribution in [2.75, 3.05) is 6.61 Å². The Bertz CT molecular complexity index is 947. The lowest BCUT2D eigenvalue weighted by Crippen LogP contribution is -2.12. The van der Waals surface area contributed by atoms with E-state index in [0.717, 1.165) is 6.61 Å². The first-order chi connectivity index (χ1) is 14.8. The standard InChI is InChI=1S/C29H32O/c1-3-22-10-13-27(14-11-22)29-20-23(21-30-4-2)12-19-28(29)26-17-15-25(16-18-26)24-8-6-5-7-9-24/h3,5-9,12,15-20,22,27H,1,4,10-11,13-14,21H2,2H3. The van der Waals surface area contributed by atoms with Gasteiger partial charge in [-0.05, 0) is 77.8 Å². The molecule has 1 heteroatoms. The number of allylic oxidation sites excluding steroid dienone is 1. The fourth-order valence-electron chi connectivity index (χ4n) is 4.66. The summed E-state index contributed by atoms with van der Waals surface area (Å²) in [5.74, 6) is 1.30. The van der Waals surface area contributed by atoms with E-state index in [1.165, 1.54) is 59.1 Å². The normalized spacial score (nSPS) is 18.8. The van der Waals surface area contributed by atoms with E-state index in [1.54, 1.807) is 0 Å².